The van der Waals surface area contributed by atoms with E-state index < -0.39 is 0 Å². The number of fused-ring (bicyclic) bond motifs is 1. The predicted molar refractivity (Wildman–Crippen MR) is 133 cm³/mol. The molecule has 0 atom stereocenters. The van der Waals surface area contributed by atoms with Crippen LogP contribution in [0.4, 0.5) is 5.69 Å². The molecule has 0 bridgehead atoms. The van der Waals surface area contributed by atoms with Crippen LogP contribution < -0.4 is 4.90 Å². The van der Waals surface area contributed by atoms with Gasteiger partial charge in [0.2, 0.25) is 0 Å². The Morgan fingerprint density at radius 2 is 1.30 bits per heavy atom. The van der Waals surface area contributed by atoms with Gasteiger partial charge in [-0.1, -0.05) is 54.1 Å². The number of hydrogen-bond donors (Lipinski definition) is 0. The maximum Gasteiger partial charge on any atom is 0.265 e. The van der Waals surface area contributed by atoms with Crippen LogP contribution in [0.2, 0.25) is 0 Å². The highest BCUT2D eigenvalue weighted by molar-refractivity contribution is 6.43. The Bertz CT molecular complexity index is 1410. The average molecular weight is 433 g/mol. The van der Waals surface area contributed by atoms with Crippen molar-refractivity contribution in [1.29, 1.82) is 0 Å². The summed E-state index contributed by atoms with van der Waals surface area (Å²) in [6, 6.07) is 27.0. The molecule has 1 aliphatic heterocycles. The lowest BCUT2D eigenvalue weighted by Gasteiger charge is -2.28. The topological polar surface area (TPSA) is 42.3 Å². The van der Waals surface area contributed by atoms with E-state index in [0.29, 0.717) is 22.4 Å². The number of amides is 2. The highest BCUT2D eigenvalue weighted by atomic mass is 16.2. The number of para-hydroxylation sites is 1. The first-order chi connectivity index (χ1) is 16.0. The second-order valence-electron chi connectivity index (χ2n) is 8.38. The normalized spacial score (nSPS) is 14.6. The molecule has 0 saturated heterocycles. The number of carbonyl (C=O) groups excluding carboxylic acids is 2. The zero-order chi connectivity index (χ0) is 23.1. The van der Waals surface area contributed by atoms with Gasteiger partial charge in [0.15, 0.2) is 0 Å². The number of anilines is 1. The Morgan fingerprint density at radius 3 is 2.00 bits per heavy atom. The van der Waals surface area contributed by atoms with E-state index in [-0.39, 0.29) is 11.8 Å². The fraction of sp³-hybridized carbons (Fsp3) is 0.103. The van der Waals surface area contributed by atoms with Gasteiger partial charge in [0.25, 0.3) is 11.8 Å². The Kier molecular flexibility index (Phi) is 5.06. The number of hydrogen-bond acceptors (Lipinski definition) is 2. The first-order valence-corrected chi connectivity index (χ1v) is 11.0. The minimum absolute atomic E-state index is 0.300. The third-order valence-electron chi connectivity index (χ3n) is 6.16. The van der Waals surface area contributed by atoms with Crippen LogP contribution in [0.5, 0.6) is 0 Å². The van der Waals surface area contributed by atoms with E-state index in [4.69, 9.17) is 0 Å². The Labute approximate surface area is 193 Å². The second-order valence-corrected chi connectivity index (χ2v) is 8.38. The van der Waals surface area contributed by atoms with Crippen molar-refractivity contribution in [2.24, 2.45) is 0 Å². The van der Waals surface area contributed by atoms with Gasteiger partial charge >= 0.3 is 0 Å². The van der Waals surface area contributed by atoms with Gasteiger partial charge < -0.3 is 4.57 Å². The molecule has 1 aliphatic rings. The quantitative estimate of drug-likeness (QED) is 0.289. The molecule has 0 radical (unpaired) electrons. The molecule has 0 fully saturated rings. The van der Waals surface area contributed by atoms with Gasteiger partial charge in [-0.2, -0.15) is 0 Å². The molecule has 4 nitrogen and oxygen atoms in total. The van der Waals surface area contributed by atoms with Crippen LogP contribution in [0.15, 0.2) is 84.9 Å². The lowest BCUT2D eigenvalue weighted by molar-refractivity contribution is -0.112. The summed E-state index contributed by atoms with van der Waals surface area (Å²) in [5, 5.41) is 0. The van der Waals surface area contributed by atoms with Gasteiger partial charge in [0.05, 0.1) is 5.69 Å². The summed E-state index contributed by atoms with van der Waals surface area (Å²) in [7, 11) is 0. The lowest BCUT2D eigenvalue weighted by atomic mass is 9.91. The SMILES string of the molecule is Cc1ccc(N2C(=O)/C(=C/c3cc(C)n(-c4ccccc4)c3C)c3ccccc3C2=O)cc1. The maximum atomic E-state index is 13.7. The molecular weight excluding hydrogens is 408 g/mol. The van der Waals surface area contributed by atoms with Crippen molar-refractivity contribution >= 4 is 29.2 Å². The number of carbonyl (C=O) groups is 2. The fourth-order valence-electron chi connectivity index (χ4n) is 4.48. The van der Waals surface area contributed by atoms with E-state index in [0.717, 1.165) is 28.2 Å². The molecule has 4 aromatic rings. The summed E-state index contributed by atoms with van der Waals surface area (Å²) in [5.74, 6) is -0.613. The van der Waals surface area contributed by atoms with Crippen LogP contribution in [0.25, 0.3) is 17.3 Å². The van der Waals surface area contributed by atoms with Gasteiger partial charge in [-0.3, -0.25) is 9.59 Å². The van der Waals surface area contributed by atoms with E-state index in [9.17, 15) is 9.59 Å². The smallest absolute Gasteiger partial charge is 0.265 e. The first-order valence-electron chi connectivity index (χ1n) is 11.0. The van der Waals surface area contributed by atoms with Crippen molar-refractivity contribution < 1.29 is 9.59 Å². The highest BCUT2D eigenvalue weighted by Crippen LogP contribution is 2.34. The molecule has 2 amide bonds. The van der Waals surface area contributed by atoms with Gasteiger partial charge in [-0.05, 0) is 74.4 Å². The number of imide groups is 1. The molecule has 33 heavy (non-hydrogen) atoms. The third kappa shape index (κ3) is 3.50. The lowest BCUT2D eigenvalue weighted by Crippen LogP contribution is -2.41. The van der Waals surface area contributed by atoms with Gasteiger partial charge in [0.1, 0.15) is 0 Å². The van der Waals surface area contributed by atoms with Crippen LogP contribution in [-0.4, -0.2) is 16.4 Å². The second kappa shape index (κ2) is 8.06. The monoisotopic (exact) mass is 432 g/mol. The average Bonchev–Trinajstić information content (AvgIpc) is 3.11. The van der Waals surface area contributed by atoms with Gasteiger partial charge in [0, 0.05) is 28.2 Å². The van der Waals surface area contributed by atoms with Crippen LogP contribution >= 0.6 is 0 Å². The van der Waals surface area contributed by atoms with Crippen molar-refractivity contribution in [3.05, 3.63) is 119 Å². The zero-order valence-electron chi connectivity index (χ0n) is 18.9. The van der Waals surface area contributed by atoms with Crippen LogP contribution in [0.1, 0.15) is 38.4 Å². The Morgan fingerprint density at radius 1 is 0.667 bits per heavy atom. The molecule has 4 heteroatoms. The van der Waals surface area contributed by atoms with Crippen molar-refractivity contribution in [2.45, 2.75) is 20.8 Å². The third-order valence-corrected chi connectivity index (χ3v) is 6.16. The van der Waals surface area contributed by atoms with E-state index in [1.807, 2.05) is 73.7 Å². The molecule has 0 unspecified atom stereocenters. The maximum absolute atomic E-state index is 13.7. The molecule has 0 N–H and O–H groups in total. The Hall–Kier alpha value is -4.18. The van der Waals surface area contributed by atoms with Gasteiger partial charge in [-0.15, -0.1) is 0 Å². The summed E-state index contributed by atoms with van der Waals surface area (Å²) in [6.45, 7) is 6.09. The fourth-order valence-corrected chi connectivity index (χ4v) is 4.48. The number of benzene rings is 3. The highest BCUT2D eigenvalue weighted by Gasteiger charge is 2.35. The van der Waals surface area contributed by atoms with Crippen LogP contribution in [-0.2, 0) is 4.79 Å². The van der Waals surface area contributed by atoms with Crippen LogP contribution in [0.3, 0.4) is 0 Å². The molecule has 0 saturated carbocycles. The largest absolute Gasteiger partial charge is 0.318 e. The number of aryl methyl sites for hydroxylation is 2. The van der Waals surface area contributed by atoms with E-state index >= 15 is 0 Å². The van der Waals surface area contributed by atoms with Crippen molar-refractivity contribution in [3.63, 3.8) is 0 Å². The summed E-state index contributed by atoms with van der Waals surface area (Å²) in [6.07, 6.45) is 1.91. The molecular formula is C29H24N2O2. The van der Waals surface area contributed by atoms with Crippen LogP contribution in [0, 0.1) is 20.8 Å². The summed E-state index contributed by atoms with van der Waals surface area (Å²) in [5.41, 5.74) is 7.49. The minimum Gasteiger partial charge on any atom is -0.318 e. The molecule has 5 rings (SSSR count). The molecule has 162 valence electrons. The molecule has 3 aromatic carbocycles. The first kappa shape index (κ1) is 20.7. The van der Waals surface area contributed by atoms with E-state index in [1.54, 1.807) is 6.07 Å². The van der Waals surface area contributed by atoms with Crippen molar-refractivity contribution in [2.75, 3.05) is 4.90 Å². The molecule has 0 aliphatic carbocycles. The number of nitrogens with zero attached hydrogens (tertiary/aromatic N) is 2. The summed E-state index contributed by atoms with van der Waals surface area (Å²) < 4.78 is 2.18. The predicted octanol–water partition coefficient (Wildman–Crippen LogP) is 6.13. The number of aromatic nitrogens is 1. The standard InChI is InChI=1S/C29H24N2O2/c1-19-13-15-24(16-14-19)31-28(32)26-12-8-7-11-25(26)27(29(31)33)18-22-17-20(2)30(21(22)3)23-9-5-4-6-10-23/h4-18H,1-3H3/b27-18+. The van der Waals surface area contributed by atoms with Crippen molar-refractivity contribution in [1.82, 2.24) is 4.57 Å². The Balaban J connectivity index is 1.67. The molecule has 2 heterocycles. The molecule has 1 aromatic heterocycles. The summed E-state index contributed by atoms with van der Waals surface area (Å²) in [4.78, 5) is 28.3. The van der Waals surface area contributed by atoms with Crippen molar-refractivity contribution in [3.8, 4) is 5.69 Å². The summed E-state index contributed by atoms with van der Waals surface area (Å²) >= 11 is 0. The molecule has 0 spiro atoms. The minimum atomic E-state index is -0.313. The van der Waals surface area contributed by atoms with Gasteiger partial charge in [-0.25, -0.2) is 4.90 Å². The zero-order valence-corrected chi connectivity index (χ0v) is 18.9. The number of rotatable bonds is 3. The van der Waals surface area contributed by atoms with E-state index in [2.05, 4.69) is 36.6 Å². The van der Waals surface area contributed by atoms with E-state index in [1.165, 1.54) is 4.90 Å².